The molecule has 1 saturated heterocycles. The van der Waals surface area contributed by atoms with Crippen LogP contribution in [0.3, 0.4) is 0 Å². The maximum absolute atomic E-state index is 12.5. The first-order chi connectivity index (χ1) is 11.0. The fourth-order valence-electron chi connectivity index (χ4n) is 2.58. The van der Waals surface area contributed by atoms with Gasteiger partial charge < -0.3 is 14.5 Å². The van der Waals surface area contributed by atoms with E-state index in [0.29, 0.717) is 19.5 Å². The van der Waals surface area contributed by atoms with Gasteiger partial charge in [0.2, 0.25) is 5.91 Å². The Kier molecular flexibility index (Phi) is 4.42. The molecule has 0 radical (unpaired) electrons. The van der Waals surface area contributed by atoms with E-state index in [4.69, 9.17) is 4.74 Å². The third-order valence-corrected chi connectivity index (χ3v) is 4.38. The van der Waals surface area contributed by atoms with Crippen LogP contribution in [0.2, 0.25) is 0 Å². The fourth-order valence-corrected chi connectivity index (χ4v) is 3.15. The molecular formula is C15H18N4O3S. The van der Waals surface area contributed by atoms with Crippen LogP contribution < -0.4 is 0 Å². The normalized spacial score (nSPS) is 17.5. The van der Waals surface area contributed by atoms with Gasteiger partial charge in [0.05, 0.1) is 24.7 Å². The van der Waals surface area contributed by atoms with Crippen LogP contribution in [0.25, 0.3) is 11.0 Å². The molecule has 0 bridgehead atoms. The Morgan fingerprint density at radius 3 is 3.00 bits per heavy atom. The summed E-state index contributed by atoms with van der Waals surface area (Å²) < 4.78 is 13.8. The van der Waals surface area contributed by atoms with Gasteiger partial charge in [0.15, 0.2) is 0 Å². The summed E-state index contributed by atoms with van der Waals surface area (Å²) in [6, 6.07) is 5.68. The zero-order valence-electron chi connectivity index (χ0n) is 13.1. The highest BCUT2D eigenvalue weighted by atomic mass is 32.1. The summed E-state index contributed by atoms with van der Waals surface area (Å²) in [6.07, 6.45) is 0.360. The van der Waals surface area contributed by atoms with Crippen LogP contribution in [-0.2, 0) is 16.0 Å². The zero-order chi connectivity index (χ0) is 16.4. The molecule has 0 saturated carbocycles. The van der Waals surface area contributed by atoms with Crippen molar-refractivity contribution < 1.29 is 14.3 Å². The van der Waals surface area contributed by atoms with Crippen LogP contribution in [0.5, 0.6) is 0 Å². The van der Waals surface area contributed by atoms with Gasteiger partial charge in [-0.2, -0.15) is 8.75 Å². The third kappa shape index (κ3) is 3.42. The maximum atomic E-state index is 12.5. The highest BCUT2D eigenvalue weighted by Gasteiger charge is 2.29. The molecule has 122 valence electrons. The smallest absolute Gasteiger partial charge is 0.409 e. The van der Waals surface area contributed by atoms with E-state index in [9.17, 15) is 9.59 Å². The van der Waals surface area contributed by atoms with Crippen molar-refractivity contribution >= 4 is 34.8 Å². The Labute approximate surface area is 138 Å². The zero-order valence-corrected chi connectivity index (χ0v) is 13.9. The van der Waals surface area contributed by atoms with Gasteiger partial charge in [-0.15, -0.1) is 0 Å². The highest BCUT2D eigenvalue weighted by molar-refractivity contribution is 7.00. The fraction of sp³-hybridized carbons (Fsp3) is 0.467. The average Bonchev–Trinajstić information content (AvgIpc) is 3.16. The minimum absolute atomic E-state index is 0.0221. The predicted octanol–water partition coefficient (Wildman–Crippen LogP) is 1.53. The number of carbonyl (C=O) groups excluding carboxylic acids is 2. The van der Waals surface area contributed by atoms with Crippen molar-refractivity contribution in [2.24, 2.45) is 0 Å². The van der Waals surface area contributed by atoms with E-state index in [2.05, 4.69) is 8.75 Å². The number of aromatic nitrogens is 2. The Hall–Kier alpha value is -2.22. The van der Waals surface area contributed by atoms with Gasteiger partial charge in [0.1, 0.15) is 17.1 Å². The lowest BCUT2D eigenvalue weighted by Crippen LogP contribution is -2.33. The Morgan fingerprint density at radius 2 is 2.22 bits per heavy atom. The minimum atomic E-state index is -0.373. The summed E-state index contributed by atoms with van der Waals surface area (Å²) >= 11 is 1.15. The van der Waals surface area contributed by atoms with Gasteiger partial charge in [-0.05, 0) is 11.6 Å². The summed E-state index contributed by atoms with van der Waals surface area (Å²) in [5.74, 6) is 0.0221. The van der Waals surface area contributed by atoms with Crippen molar-refractivity contribution in [1.82, 2.24) is 18.5 Å². The van der Waals surface area contributed by atoms with E-state index < -0.39 is 0 Å². The van der Waals surface area contributed by atoms with Crippen LogP contribution in [-0.4, -0.2) is 63.8 Å². The lowest BCUT2D eigenvalue weighted by atomic mass is 10.1. The SMILES string of the molecule is CN(C)C(=O)OC1CCN(C(=O)Cc2cccc3nsnc23)C1. The van der Waals surface area contributed by atoms with Crippen molar-refractivity contribution in [3.05, 3.63) is 23.8 Å². The molecule has 1 aromatic carbocycles. The molecule has 1 aromatic heterocycles. The van der Waals surface area contributed by atoms with Crippen molar-refractivity contribution in [2.75, 3.05) is 27.2 Å². The standard InChI is InChI=1S/C15H18N4O3S/c1-18(2)15(21)22-11-6-7-19(9-11)13(20)8-10-4-3-5-12-14(10)17-23-16-12/h3-5,11H,6-9H2,1-2H3. The predicted molar refractivity (Wildman–Crippen MR) is 86.3 cm³/mol. The molecule has 2 heterocycles. The minimum Gasteiger partial charge on any atom is -0.444 e. The summed E-state index contributed by atoms with van der Waals surface area (Å²) in [5, 5.41) is 0. The molecule has 3 rings (SSSR count). The molecule has 1 fully saturated rings. The van der Waals surface area contributed by atoms with Crippen LogP contribution in [0.1, 0.15) is 12.0 Å². The number of likely N-dealkylation sites (tertiary alicyclic amines) is 1. The van der Waals surface area contributed by atoms with E-state index in [-0.39, 0.29) is 24.5 Å². The summed E-state index contributed by atoms with van der Waals surface area (Å²) in [4.78, 5) is 27.2. The van der Waals surface area contributed by atoms with Crippen molar-refractivity contribution in [2.45, 2.75) is 18.9 Å². The molecule has 2 amide bonds. The van der Waals surface area contributed by atoms with Crippen molar-refractivity contribution in [3.63, 3.8) is 0 Å². The molecule has 1 atom stereocenters. The van der Waals surface area contributed by atoms with Crippen LogP contribution in [0, 0.1) is 0 Å². The average molecular weight is 334 g/mol. The van der Waals surface area contributed by atoms with Gasteiger partial charge in [0, 0.05) is 27.1 Å². The first kappa shape index (κ1) is 15.7. The molecule has 7 nitrogen and oxygen atoms in total. The molecular weight excluding hydrogens is 316 g/mol. The van der Waals surface area contributed by atoms with Crippen molar-refractivity contribution in [1.29, 1.82) is 0 Å². The number of nitrogens with zero attached hydrogens (tertiary/aromatic N) is 4. The summed E-state index contributed by atoms with van der Waals surface area (Å²) in [7, 11) is 3.28. The molecule has 1 unspecified atom stereocenters. The number of hydrogen-bond acceptors (Lipinski definition) is 6. The summed E-state index contributed by atoms with van der Waals surface area (Å²) in [5.41, 5.74) is 2.50. The van der Waals surface area contributed by atoms with Crippen LogP contribution in [0.4, 0.5) is 4.79 Å². The number of rotatable bonds is 3. The molecule has 0 aliphatic carbocycles. The van der Waals surface area contributed by atoms with Gasteiger partial charge >= 0.3 is 6.09 Å². The van der Waals surface area contributed by atoms with E-state index in [1.165, 1.54) is 4.90 Å². The number of hydrogen-bond donors (Lipinski definition) is 0. The van der Waals surface area contributed by atoms with E-state index >= 15 is 0 Å². The number of ether oxygens (including phenoxy) is 1. The number of carbonyl (C=O) groups is 2. The Morgan fingerprint density at radius 1 is 1.39 bits per heavy atom. The van der Waals surface area contributed by atoms with Gasteiger partial charge in [-0.1, -0.05) is 12.1 Å². The van der Waals surface area contributed by atoms with Crippen LogP contribution >= 0.6 is 11.7 Å². The molecule has 0 spiro atoms. The Bertz CT molecular complexity index is 730. The monoisotopic (exact) mass is 334 g/mol. The second kappa shape index (κ2) is 6.49. The first-order valence-electron chi connectivity index (χ1n) is 7.40. The van der Waals surface area contributed by atoms with Gasteiger partial charge in [0.25, 0.3) is 0 Å². The maximum Gasteiger partial charge on any atom is 0.409 e. The number of benzene rings is 1. The van der Waals surface area contributed by atoms with Gasteiger partial charge in [-0.25, -0.2) is 4.79 Å². The molecule has 8 heteroatoms. The second-order valence-corrected chi connectivity index (χ2v) is 6.28. The molecule has 2 aromatic rings. The largest absolute Gasteiger partial charge is 0.444 e. The topological polar surface area (TPSA) is 75.6 Å². The number of amides is 2. The van der Waals surface area contributed by atoms with E-state index in [0.717, 1.165) is 28.3 Å². The van der Waals surface area contributed by atoms with E-state index in [1.54, 1.807) is 19.0 Å². The molecule has 23 heavy (non-hydrogen) atoms. The molecule has 0 N–H and O–H groups in total. The van der Waals surface area contributed by atoms with Crippen molar-refractivity contribution in [3.8, 4) is 0 Å². The Balaban J connectivity index is 1.61. The van der Waals surface area contributed by atoms with E-state index in [1.807, 2.05) is 18.2 Å². The van der Waals surface area contributed by atoms with Gasteiger partial charge in [-0.3, -0.25) is 4.79 Å². The van der Waals surface area contributed by atoms with Crippen LogP contribution in [0.15, 0.2) is 18.2 Å². The second-order valence-electron chi connectivity index (χ2n) is 5.75. The highest BCUT2D eigenvalue weighted by Crippen LogP contribution is 2.20. The molecule has 1 aliphatic heterocycles. The lowest BCUT2D eigenvalue weighted by molar-refractivity contribution is -0.129. The third-order valence-electron chi connectivity index (χ3n) is 3.84. The molecule has 1 aliphatic rings. The number of fused-ring (bicyclic) bond motifs is 1. The first-order valence-corrected chi connectivity index (χ1v) is 8.13. The summed E-state index contributed by atoms with van der Waals surface area (Å²) in [6.45, 7) is 1.05. The quantitative estimate of drug-likeness (QED) is 0.851. The lowest BCUT2D eigenvalue weighted by Gasteiger charge is -2.18.